The first-order chi connectivity index (χ1) is 12.6. The highest BCUT2D eigenvalue weighted by molar-refractivity contribution is 7.21. The second-order valence-electron chi connectivity index (χ2n) is 6.39. The van der Waals surface area contributed by atoms with Crippen molar-refractivity contribution in [1.82, 2.24) is 4.98 Å². The average molecular weight is 358 g/mol. The fraction of sp³-hybridized carbons (Fsp3) is 0.0909. The van der Waals surface area contributed by atoms with Gasteiger partial charge in [-0.15, -0.1) is 11.3 Å². The van der Waals surface area contributed by atoms with Crippen LogP contribution in [0.3, 0.4) is 0 Å². The first-order valence-corrected chi connectivity index (χ1v) is 9.26. The summed E-state index contributed by atoms with van der Waals surface area (Å²) in [6, 6.07) is 21.7. The summed E-state index contributed by atoms with van der Waals surface area (Å²) < 4.78 is 1.19. The molecule has 0 bridgehead atoms. The third-order valence-corrected chi connectivity index (χ3v) is 5.28. The van der Waals surface area contributed by atoms with Gasteiger partial charge in [0.15, 0.2) is 0 Å². The van der Waals surface area contributed by atoms with Crippen molar-refractivity contribution in [3.63, 3.8) is 0 Å². The quantitative estimate of drug-likeness (QED) is 0.500. The summed E-state index contributed by atoms with van der Waals surface area (Å²) in [6.45, 7) is 4.07. The molecule has 1 N–H and O–H groups in total. The molecule has 0 atom stereocenters. The van der Waals surface area contributed by atoms with Crippen molar-refractivity contribution in [2.75, 3.05) is 5.32 Å². The van der Waals surface area contributed by atoms with E-state index in [1.807, 2.05) is 55.5 Å². The number of fused-ring (bicyclic) bond motifs is 1. The zero-order valence-corrected chi connectivity index (χ0v) is 15.4. The number of carbonyl (C=O) groups is 1. The molecule has 0 aliphatic carbocycles. The van der Waals surface area contributed by atoms with Gasteiger partial charge in [0, 0.05) is 16.8 Å². The Kier molecular flexibility index (Phi) is 4.27. The Labute approximate surface area is 156 Å². The number of thiazole rings is 1. The summed E-state index contributed by atoms with van der Waals surface area (Å²) in [5.74, 6) is -0.100. The number of aromatic nitrogens is 1. The zero-order chi connectivity index (χ0) is 18.1. The van der Waals surface area contributed by atoms with Gasteiger partial charge in [-0.05, 0) is 67.9 Å². The Bertz CT molecular complexity index is 1100. The molecule has 3 aromatic carbocycles. The van der Waals surface area contributed by atoms with Gasteiger partial charge >= 0.3 is 0 Å². The predicted octanol–water partition coefficient (Wildman–Crippen LogP) is 5.83. The molecule has 1 heterocycles. The number of rotatable bonds is 3. The molecule has 3 nitrogen and oxygen atoms in total. The molecule has 128 valence electrons. The number of nitrogens with one attached hydrogen (secondary N) is 1. The molecule has 0 aliphatic heterocycles. The van der Waals surface area contributed by atoms with Crippen LogP contribution in [0.1, 0.15) is 21.5 Å². The van der Waals surface area contributed by atoms with E-state index in [9.17, 15) is 4.79 Å². The van der Waals surface area contributed by atoms with Crippen molar-refractivity contribution in [3.8, 4) is 10.6 Å². The van der Waals surface area contributed by atoms with E-state index in [-0.39, 0.29) is 5.91 Å². The van der Waals surface area contributed by atoms with E-state index in [0.29, 0.717) is 5.56 Å². The first-order valence-electron chi connectivity index (χ1n) is 8.44. The summed E-state index contributed by atoms with van der Waals surface area (Å²) in [5, 5.41) is 3.93. The van der Waals surface area contributed by atoms with Crippen LogP contribution in [0.2, 0.25) is 0 Å². The van der Waals surface area contributed by atoms with E-state index >= 15 is 0 Å². The molecule has 0 radical (unpaired) electrons. The van der Waals surface area contributed by atoms with Gasteiger partial charge in [-0.3, -0.25) is 4.79 Å². The topological polar surface area (TPSA) is 42.0 Å². The van der Waals surface area contributed by atoms with Crippen molar-refractivity contribution < 1.29 is 4.79 Å². The van der Waals surface area contributed by atoms with Gasteiger partial charge < -0.3 is 5.32 Å². The molecule has 4 heteroatoms. The Morgan fingerprint density at radius 2 is 1.69 bits per heavy atom. The van der Waals surface area contributed by atoms with E-state index in [4.69, 9.17) is 4.98 Å². The SMILES string of the molecule is Cc1cccc(C(=O)Nc2ccc(-c3nc4ccc(C)cc4s3)cc2)c1. The lowest BCUT2D eigenvalue weighted by atomic mass is 10.1. The normalized spacial score (nSPS) is 10.8. The third-order valence-electron chi connectivity index (χ3n) is 4.21. The average Bonchev–Trinajstić information content (AvgIpc) is 3.05. The summed E-state index contributed by atoms with van der Waals surface area (Å²) in [7, 11) is 0. The summed E-state index contributed by atoms with van der Waals surface area (Å²) in [6.07, 6.45) is 0. The highest BCUT2D eigenvalue weighted by Gasteiger charge is 2.09. The van der Waals surface area contributed by atoms with Crippen LogP contribution in [0.4, 0.5) is 5.69 Å². The largest absolute Gasteiger partial charge is 0.322 e. The van der Waals surface area contributed by atoms with Crippen LogP contribution < -0.4 is 5.32 Å². The van der Waals surface area contributed by atoms with Crippen LogP contribution in [0.5, 0.6) is 0 Å². The highest BCUT2D eigenvalue weighted by atomic mass is 32.1. The number of carbonyl (C=O) groups excluding carboxylic acids is 1. The van der Waals surface area contributed by atoms with E-state index in [1.165, 1.54) is 10.3 Å². The summed E-state index contributed by atoms with van der Waals surface area (Å²) >= 11 is 1.68. The number of aryl methyl sites for hydroxylation is 2. The third kappa shape index (κ3) is 3.37. The molecule has 0 saturated heterocycles. The number of nitrogens with zero attached hydrogens (tertiary/aromatic N) is 1. The number of hydrogen-bond acceptors (Lipinski definition) is 3. The van der Waals surface area contributed by atoms with Gasteiger partial charge in [-0.1, -0.05) is 23.8 Å². The van der Waals surface area contributed by atoms with Crippen LogP contribution in [-0.4, -0.2) is 10.9 Å². The maximum Gasteiger partial charge on any atom is 0.255 e. The van der Waals surface area contributed by atoms with Gasteiger partial charge in [0.25, 0.3) is 5.91 Å². The van der Waals surface area contributed by atoms with Crippen molar-refractivity contribution >= 4 is 33.1 Å². The van der Waals surface area contributed by atoms with Crippen molar-refractivity contribution in [2.45, 2.75) is 13.8 Å². The lowest BCUT2D eigenvalue weighted by molar-refractivity contribution is 0.102. The van der Waals surface area contributed by atoms with Crippen molar-refractivity contribution in [2.24, 2.45) is 0 Å². The molecular weight excluding hydrogens is 340 g/mol. The molecule has 0 unspecified atom stereocenters. The van der Waals surface area contributed by atoms with Crippen molar-refractivity contribution in [1.29, 1.82) is 0 Å². The Morgan fingerprint density at radius 1 is 0.923 bits per heavy atom. The van der Waals surface area contributed by atoms with Gasteiger partial charge in [-0.25, -0.2) is 4.98 Å². The summed E-state index contributed by atoms with van der Waals surface area (Å²) in [4.78, 5) is 17.1. The molecule has 4 rings (SSSR count). The fourth-order valence-corrected chi connectivity index (χ4v) is 3.91. The Balaban J connectivity index is 1.55. The van der Waals surface area contributed by atoms with Crippen LogP contribution in [0, 0.1) is 13.8 Å². The fourth-order valence-electron chi connectivity index (χ4n) is 2.84. The minimum Gasteiger partial charge on any atom is -0.322 e. The smallest absolute Gasteiger partial charge is 0.255 e. The lowest BCUT2D eigenvalue weighted by Gasteiger charge is -2.06. The highest BCUT2D eigenvalue weighted by Crippen LogP contribution is 2.31. The monoisotopic (exact) mass is 358 g/mol. The van der Waals surface area contributed by atoms with E-state index in [1.54, 1.807) is 11.3 Å². The lowest BCUT2D eigenvalue weighted by Crippen LogP contribution is -2.11. The minimum absolute atomic E-state index is 0.100. The first kappa shape index (κ1) is 16.5. The van der Waals surface area contributed by atoms with Gasteiger partial charge in [0.05, 0.1) is 10.2 Å². The van der Waals surface area contributed by atoms with Crippen LogP contribution >= 0.6 is 11.3 Å². The Hall–Kier alpha value is -2.98. The molecule has 1 amide bonds. The molecule has 0 aliphatic rings. The second kappa shape index (κ2) is 6.73. The van der Waals surface area contributed by atoms with E-state index < -0.39 is 0 Å². The zero-order valence-electron chi connectivity index (χ0n) is 14.6. The number of benzene rings is 3. The van der Waals surface area contributed by atoms with Crippen LogP contribution in [-0.2, 0) is 0 Å². The number of anilines is 1. The molecule has 0 spiro atoms. The maximum absolute atomic E-state index is 12.3. The molecule has 0 saturated carbocycles. The van der Waals surface area contributed by atoms with E-state index in [2.05, 4.69) is 30.4 Å². The van der Waals surface area contributed by atoms with Crippen LogP contribution in [0.15, 0.2) is 66.7 Å². The Morgan fingerprint density at radius 3 is 2.46 bits per heavy atom. The molecule has 0 fully saturated rings. The van der Waals surface area contributed by atoms with E-state index in [0.717, 1.165) is 27.3 Å². The molecule has 26 heavy (non-hydrogen) atoms. The van der Waals surface area contributed by atoms with Crippen LogP contribution in [0.25, 0.3) is 20.8 Å². The standard InChI is InChI=1S/C22H18N2OS/c1-14-4-3-5-17(12-14)21(25)23-18-9-7-16(8-10-18)22-24-19-11-6-15(2)13-20(19)26-22/h3-13H,1-2H3,(H,23,25). The summed E-state index contributed by atoms with van der Waals surface area (Å²) in [5.41, 5.74) is 5.82. The number of amides is 1. The molecule has 4 aromatic rings. The molecular formula is C22H18N2OS. The maximum atomic E-state index is 12.3. The predicted molar refractivity (Wildman–Crippen MR) is 109 cm³/mol. The van der Waals surface area contributed by atoms with Gasteiger partial charge in [0.1, 0.15) is 5.01 Å². The van der Waals surface area contributed by atoms with Gasteiger partial charge in [-0.2, -0.15) is 0 Å². The second-order valence-corrected chi connectivity index (χ2v) is 7.42. The molecule has 1 aromatic heterocycles. The van der Waals surface area contributed by atoms with Crippen molar-refractivity contribution in [3.05, 3.63) is 83.4 Å². The number of hydrogen-bond donors (Lipinski definition) is 1. The minimum atomic E-state index is -0.100. The van der Waals surface area contributed by atoms with Gasteiger partial charge in [0.2, 0.25) is 0 Å².